The van der Waals surface area contributed by atoms with Gasteiger partial charge in [-0.15, -0.1) is 11.8 Å². The third-order valence-electron chi connectivity index (χ3n) is 1.50. The number of thiol groups is 1. The highest BCUT2D eigenvalue weighted by Gasteiger charge is 2.21. The fourth-order valence-electron chi connectivity index (χ4n) is 0.949. The van der Waals surface area contributed by atoms with Crippen LogP contribution in [0.4, 0.5) is 0 Å². The van der Waals surface area contributed by atoms with Gasteiger partial charge < -0.3 is 0 Å². The van der Waals surface area contributed by atoms with Gasteiger partial charge in [-0.25, -0.2) is 0 Å². The van der Waals surface area contributed by atoms with Gasteiger partial charge in [0, 0.05) is 22.5 Å². The maximum Gasteiger partial charge on any atom is 0.0598 e. The first-order valence-electron chi connectivity index (χ1n) is 3.83. The molecule has 2 atom stereocenters. The summed E-state index contributed by atoms with van der Waals surface area (Å²) in [5.74, 6) is 5.14. The first-order chi connectivity index (χ1) is 5.34. The minimum Gasteiger partial charge on any atom is -0.164 e. The molecule has 0 nitrogen and oxygen atoms in total. The van der Waals surface area contributed by atoms with Gasteiger partial charge in [-0.3, -0.25) is 0 Å². The van der Waals surface area contributed by atoms with E-state index < -0.39 is 0 Å². The lowest BCUT2D eigenvalue weighted by Gasteiger charge is -2.25. The SMILES string of the molecule is CCSC(S)C1CSCCS1. The van der Waals surface area contributed by atoms with Gasteiger partial charge in [0.1, 0.15) is 0 Å². The van der Waals surface area contributed by atoms with Gasteiger partial charge in [0.2, 0.25) is 0 Å². The van der Waals surface area contributed by atoms with Crippen molar-refractivity contribution in [2.45, 2.75) is 16.8 Å². The van der Waals surface area contributed by atoms with Crippen LogP contribution >= 0.6 is 47.9 Å². The van der Waals surface area contributed by atoms with Gasteiger partial charge >= 0.3 is 0 Å². The third-order valence-corrected chi connectivity index (χ3v) is 6.55. The van der Waals surface area contributed by atoms with Gasteiger partial charge in [-0.1, -0.05) is 6.92 Å². The van der Waals surface area contributed by atoms with Crippen molar-refractivity contribution in [2.24, 2.45) is 0 Å². The van der Waals surface area contributed by atoms with Crippen LogP contribution < -0.4 is 0 Å². The fourth-order valence-corrected chi connectivity index (χ4v) is 5.74. The predicted molar refractivity (Wildman–Crippen MR) is 64.5 cm³/mol. The average Bonchev–Trinajstić information content (AvgIpc) is 2.07. The van der Waals surface area contributed by atoms with Crippen molar-refractivity contribution in [1.82, 2.24) is 0 Å². The van der Waals surface area contributed by atoms with Crippen molar-refractivity contribution >= 4 is 47.9 Å². The zero-order chi connectivity index (χ0) is 8.10. The number of rotatable bonds is 3. The molecule has 1 fully saturated rings. The summed E-state index contributed by atoms with van der Waals surface area (Å²) >= 11 is 10.7. The van der Waals surface area contributed by atoms with Crippen LogP contribution in [0.2, 0.25) is 0 Å². The highest BCUT2D eigenvalue weighted by atomic mass is 32.2. The molecule has 4 heteroatoms. The summed E-state index contributed by atoms with van der Waals surface area (Å²) in [5, 5.41) is 0.780. The van der Waals surface area contributed by atoms with Crippen LogP contribution in [0.5, 0.6) is 0 Å². The Morgan fingerprint density at radius 2 is 2.45 bits per heavy atom. The Bertz CT molecular complexity index is 101. The highest BCUT2D eigenvalue weighted by Crippen LogP contribution is 2.33. The molecule has 0 amide bonds. The largest absolute Gasteiger partial charge is 0.164 e. The summed E-state index contributed by atoms with van der Waals surface area (Å²) in [6, 6.07) is 0. The van der Waals surface area contributed by atoms with E-state index in [-0.39, 0.29) is 0 Å². The Kier molecular flexibility index (Phi) is 5.67. The molecule has 0 aromatic heterocycles. The van der Waals surface area contributed by atoms with Crippen LogP contribution in [0.3, 0.4) is 0 Å². The number of hydrogen-bond acceptors (Lipinski definition) is 4. The standard InChI is InChI=1S/C7H14S4/c1-2-10-7(8)6-5-9-3-4-11-6/h6-8H,2-5H2,1H3. The highest BCUT2D eigenvalue weighted by molar-refractivity contribution is 8.13. The molecule has 0 N–H and O–H groups in total. The lowest BCUT2D eigenvalue weighted by molar-refractivity contribution is 1.09. The molecule has 0 saturated carbocycles. The zero-order valence-electron chi connectivity index (χ0n) is 6.66. The van der Waals surface area contributed by atoms with Gasteiger partial charge in [0.25, 0.3) is 0 Å². The van der Waals surface area contributed by atoms with Gasteiger partial charge in [0.05, 0.1) is 4.58 Å². The van der Waals surface area contributed by atoms with Crippen LogP contribution in [-0.2, 0) is 0 Å². The van der Waals surface area contributed by atoms with Crippen LogP contribution in [-0.4, -0.2) is 32.8 Å². The van der Waals surface area contributed by atoms with E-state index in [0.717, 1.165) is 5.25 Å². The third kappa shape index (κ3) is 3.75. The maximum atomic E-state index is 4.58. The summed E-state index contributed by atoms with van der Waals surface area (Å²) in [5.41, 5.74) is 0. The van der Waals surface area contributed by atoms with Crippen molar-refractivity contribution in [3.8, 4) is 0 Å². The monoisotopic (exact) mass is 226 g/mol. The van der Waals surface area contributed by atoms with Crippen LogP contribution in [0.1, 0.15) is 6.92 Å². The van der Waals surface area contributed by atoms with Crippen molar-refractivity contribution in [1.29, 1.82) is 0 Å². The van der Waals surface area contributed by atoms with Crippen LogP contribution in [0.25, 0.3) is 0 Å². The second kappa shape index (κ2) is 5.95. The number of thioether (sulfide) groups is 3. The van der Waals surface area contributed by atoms with E-state index in [2.05, 4.69) is 43.1 Å². The molecule has 0 aromatic rings. The summed E-state index contributed by atoms with van der Waals surface area (Å²) in [7, 11) is 0. The Balaban J connectivity index is 2.21. The molecular formula is C7H14S4. The van der Waals surface area contributed by atoms with E-state index in [4.69, 9.17) is 0 Å². The maximum absolute atomic E-state index is 4.58. The van der Waals surface area contributed by atoms with Crippen LogP contribution in [0, 0.1) is 0 Å². The van der Waals surface area contributed by atoms with Gasteiger partial charge in [-0.2, -0.15) is 36.2 Å². The molecular weight excluding hydrogens is 212 g/mol. The summed E-state index contributed by atoms with van der Waals surface area (Å²) in [4.78, 5) is 0. The molecule has 66 valence electrons. The Labute approximate surface area is 87.4 Å². The quantitative estimate of drug-likeness (QED) is 0.581. The van der Waals surface area contributed by atoms with E-state index in [1.54, 1.807) is 0 Å². The lowest BCUT2D eigenvalue weighted by atomic mass is 10.5. The van der Waals surface area contributed by atoms with Crippen molar-refractivity contribution < 1.29 is 0 Å². The first-order valence-corrected chi connectivity index (χ1v) is 7.60. The summed E-state index contributed by atoms with van der Waals surface area (Å²) < 4.78 is 0.554. The normalized spacial score (nSPS) is 28.4. The second-order valence-electron chi connectivity index (χ2n) is 2.33. The molecule has 0 aromatic carbocycles. The fraction of sp³-hybridized carbons (Fsp3) is 1.00. The molecule has 0 aliphatic carbocycles. The molecule has 0 bridgehead atoms. The van der Waals surface area contributed by atoms with E-state index in [0.29, 0.717) is 4.58 Å². The Morgan fingerprint density at radius 1 is 1.64 bits per heavy atom. The Morgan fingerprint density at radius 3 is 3.00 bits per heavy atom. The van der Waals surface area contributed by atoms with E-state index >= 15 is 0 Å². The molecule has 2 unspecified atom stereocenters. The van der Waals surface area contributed by atoms with Crippen LogP contribution in [0.15, 0.2) is 0 Å². The Hall–Kier alpha value is 1.40. The molecule has 0 radical (unpaired) electrons. The molecule has 1 aliphatic rings. The molecule has 1 saturated heterocycles. The topological polar surface area (TPSA) is 0 Å². The van der Waals surface area contributed by atoms with Crippen molar-refractivity contribution in [2.75, 3.05) is 23.0 Å². The molecule has 1 rings (SSSR count). The van der Waals surface area contributed by atoms with Crippen molar-refractivity contribution in [3.63, 3.8) is 0 Å². The van der Waals surface area contributed by atoms with Gasteiger partial charge in [0.15, 0.2) is 0 Å². The molecule has 1 aliphatic heterocycles. The minimum atomic E-state index is 0.554. The molecule has 11 heavy (non-hydrogen) atoms. The second-order valence-corrected chi connectivity index (χ2v) is 7.15. The van der Waals surface area contributed by atoms with E-state index in [1.165, 1.54) is 23.0 Å². The zero-order valence-corrected chi connectivity index (χ0v) is 10.00. The van der Waals surface area contributed by atoms with Crippen molar-refractivity contribution in [3.05, 3.63) is 0 Å². The minimum absolute atomic E-state index is 0.554. The lowest BCUT2D eigenvalue weighted by Crippen LogP contribution is -2.22. The molecule has 1 heterocycles. The summed E-state index contributed by atoms with van der Waals surface area (Å²) in [6.07, 6.45) is 0. The smallest absolute Gasteiger partial charge is 0.0598 e. The summed E-state index contributed by atoms with van der Waals surface area (Å²) in [6.45, 7) is 2.20. The predicted octanol–water partition coefficient (Wildman–Crippen LogP) is 2.84. The number of hydrogen-bond donors (Lipinski definition) is 1. The first kappa shape index (κ1) is 10.5. The molecule has 0 spiro atoms. The average molecular weight is 226 g/mol. The van der Waals surface area contributed by atoms with E-state index in [1.807, 2.05) is 11.8 Å². The van der Waals surface area contributed by atoms with Gasteiger partial charge in [-0.05, 0) is 5.75 Å². The van der Waals surface area contributed by atoms with E-state index in [9.17, 15) is 0 Å².